The maximum Gasteiger partial charge on any atom is 0.132 e. The largest absolute Gasteiger partial charge is 0.395 e. The molecule has 5 nitrogen and oxygen atoms in total. The third-order valence-corrected chi connectivity index (χ3v) is 4.70. The normalized spacial score (nSPS) is 28.5. The highest BCUT2D eigenvalue weighted by molar-refractivity contribution is 5.30. The van der Waals surface area contributed by atoms with Crippen molar-refractivity contribution in [2.75, 3.05) is 19.7 Å². The maximum atomic E-state index is 14.5. The Morgan fingerprint density at radius 2 is 1.83 bits per heavy atom. The van der Waals surface area contributed by atoms with E-state index in [9.17, 15) is 29.2 Å². The van der Waals surface area contributed by atoms with Gasteiger partial charge in [0.1, 0.15) is 23.8 Å². The van der Waals surface area contributed by atoms with E-state index >= 15 is 0 Å². The predicted molar refractivity (Wildman–Crippen MR) is 84.6 cm³/mol. The van der Waals surface area contributed by atoms with Crippen molar-refractivity contribution in [2.45, 2.75) is 50.5 Å². The second-order valence-corrected chi connectivity index (χ2v) is 6.63. The monoisotopic (exact) mass is 345 g/mol. The zero-order valence-corrected chi connectivity index (χ0v) is 13.9. The molecule has 2 rings (SSSR count). The lowest BCUT2D eigenvalue weighted by Gasteiger charge is -2.43. The van der Waals surface area contributed by atoms with Gasteiger partial charge in [-0.25, -0.2) is 8.78 Å². The van der Waals surface area contributed by atoms with Crippen LogP contribution in [0.3, 0.4) is 0 Å². The predicted octanol–water partition coefficient (Wildman–Crippen LogP) is 0.390. The molecule has 0 spiro atoms. The summed E-state index contributed by atoms with van der Waals surface area (Å²) in [5.74, 6) is -1.30. The Morgan fingerprint density at radius 1 is 1.17 bits per heavy atom. The van der Waals surface area contributed by atoms with Gasteiger partial charge in [-0.1, -0.05) is 19.9 Å². The molecule has 1 aliphatic rings. The van der Waals surface area contributed by atoms with Crippen LogP contribution in [0.15, 0.2) is 12.1 Å². The van der Waals surface area contributed by atoms with Crippen LogP contribution in [0.5, 0.6) is 0 Å². The van der Waals surface area contributed by atoms with Gasteiger partial charge in [-0.05, 0) is 24.0 Å². The average Bonchev–Trinajstić information content (AvgIpc) is 2.52. The lowest BCUT2D eigenvalue weighted by atomic mass is 9.93. The van der Waals surface area contributed by atoms with E-state index in [1.807, 2.05) is 13.8 Å². The molecule has 1 saturated heterocycles. The number of benzene rings is 1. The molecule has 1 fully saturated rings. The first kappa shape index (κ1) is 19.2. The van der Waals surface area contributed by atoms with Crippen molar-refractivity contribution in [1.82, 2.24) is 4.90 Å². The highest BCUT2D eigenvalue weighted by Crippen LogP contribution is 2.25. The van der Waals surface area contributed by atoms with Crippen molar-refractivity contribution < 1.29 is 29.2 Å². The van der Waals surface area contributed by atoms with Gasteiger partial charge >= 0.3 is 0 Å². The summed E-state index contributed by atoms with van der Waals surface area (Å²) in [6.07, 6.45) is -3.82. The number of hydrogen-bond donors (Lipinski definition) is 4. The Bertz CT molecular complexity index is 570. The van der Waals surface area contributed by atoms with Crippen molar-refractivity contribution in [3.8, 4) is 0 Å². The molecule has 4 atom stereocenters. The van der Waals surface area contributed by atoms with Crippen LogP contribution in [0.1, 0.15) is 30.9 Å². The molecule has 1 heterocycles. The van der Waals surface area contributed by atoms with E-state index in [0.717, 1.165) is 0 Å². The molecule has 24 heavy (non-hydrogen) atoms. The molecular weight excluding hydrogens is 320 g/mol. The first-order chi connectivity index (χ1) is 11.3. The fourth-order valence-corrected chi connectivity index (χ4v) is 3.18. The smallest absolute Gasteiger partial charge is 0.132 e. The molecule has 1 aromatic rings. The zero-order valence-electron chi connectivity index (χ0n) is 13.9. The summed E-state index contributed by atoms with van der Waals surface area (Å²) in [5.41, 5.74) is 0.382. The molecule has 0 saturated carbocycles. The highest BCUT2D eigenvalue weighted by atomic mass is 19.1. The van der Waals surface area contributed by atoms with Crippen LogP contribution in [0, 0.1) is 11.6 Å². The summed E-state index contributed by atoms with van der Waals surface area (Å²) >= 11 is 0. The van der Waals surface area contributed by atoms with E-state index in [1.165, 1.54) is 12.1 Å². The van der Waals surface area contributed by atoms with E-state index in [2.05, 4.69) is 0 Å². The van der Waals surface area contributed by atoms with Crippen LogP contribution in [-0.2, 0) is 6.42 Å². The summed E-state index contributed by atoms with van der Waals surface area (Å²) in [4.78, 5) is 1.54. The van der Waals surface area contributed by atoms with Crippen molar-refractivity contribution in [3.05, 3.63) is 34.9 Å². The Balaban J connectivity index is 2.16. The molecule has 136 valence electrons. The Kier molecular flexibility index (Phi) is 6.28. The van der Waals surface area contributed by atoms with E-state index in [4.69, 9.17) is 0 Å². The van der Waals surface area contributed by atoms with Gasteiger partial charge in [0.05, 0.1) is 18.8 Å². The average molecular weight is 345 g/mol. The van der Waals surface area contributed by atoms with Crippen molar-refractivity contribution >= 4 is 0 Å². The Labute approximate surface area is 140 Å². The number of piperidine rings is 1. The fraction of sp³-hybridized carbons (Fsp3) is 0.647. The summed E-state index contributed by atoms with van der Waals surface area (Å²) < 4.78 is 28.5. The standard InChI is InChI=1S/C17H25F2NO4/c1-9(2)10-3-4-12(18)11(15(10)19)5-6-20-7-14(22)17(24)16(23)13(20)8-21/h3-4,9,13-14,16-17,21-24H,5-8H2,1-2H3/t13-,14-,16+,17+/m0/s1. The number of likely N-dealkylation sites (tertiary alicyclic amines) is 1. The molecule has 0 aliphatic carbocycles. The molecule has 0 bridgehead atoms. The number of halogens is 2. The Morgan fingerprint density at radius 3 is 2.42 bits per heavy atom. The summed E-state index contributed by atoms with van der Waals surface area (Å²) in [6, 6.07) is 1.88. The first-order valence-electron chi connectivity index (χ1n) is 8.13. The second-order valence-electron chi connectivity index (χ2n) is 6.63. The minimum absolute atomic E-state index is 0.0105. The number of nitrogens with zero attached hydrogens (tertiary/aromatic N) is 1. The molecule has 4 N–H and O–H groups in total. The lowest BCUT2D eigenvalue weighted by molar-refractivity contribution is -0.144. The van der Waals surface area contributed by atoms with Gasteiger partial charge in [0, 0.05) is 18.7 Å². The molecular formula is C17H25F2NO4. The van der Waals surface area contributed by atoms with E-state index < -0.39 is 42.6 Å². The quantitative estimate of drug-likeness (QED) is 0.621. The molecule has 1 aliphatic heterocycles. The van der Waals surface area contributed by atoms with Crippen molar-refractivity contribution in [3.63, 3.8) is 0 Å². The van der Waals surface area contributed by atoms with E-state index in [-0.39, 0.29) is 31.0 Å². The van der Waals surface area contributed by atoms with Gasteiger partial charge in [0.25, 0.3) is 0 Å². The van der Waals surface area contributed by atoms with Crippen LogP contribution in [0.2, 0.25) is 0 Å². The minimum atomic E-state index is -1.35. The van der Waals surface area contributed by atoms with Crippen LogP contribution in [0.4, 0.5) is 8.78 Å². The van der Waals surface area contributed by atoms with Crippen LogP contribution < -0.4 is 0 Å². The van der Waals surface area contributed by atoms with Crippen LogP contribution in [-0.4, -0.2) is 69.4 Å². The molecule has 7 heteroatoms. The number of β-amino-alcohol motifs (C(OH)–C–C–N with tert-alkyl or cyclic N) is 1. The molecule has 0 amide bonds. The number of aliphatic hydroxyl groups is 4. The number of aliphatic hydroxyl groups excluding tert-OH is 4. The van der Waals surface area contributed by atoms with Crippen LogP contribution >= 0.6 is 0 Å². The third-order valence-electron chi connectivity index (χ3n) is 4.70. The zero-order chi connectivity index (χ0) is 18.0. The summed E-state index contributed by atoms with van der Waals surface area (Å²) in [7, 11) is 0. The fourth-order valence-electron chi connectivity index (χ4n) is 3.18. The lowest BCUT2D eigenvalue weighted by Crippen LogP contribution is -2.62. The molecule has 0 aromatic heterocycles. The molecule has 1 aromatic carbocycles. The van der Waals surface area contributed by atoms with Gasteiger partial charge in [0.15, 0.2) is 0 Å². The number of rotatable bonds is 5. The maximum absolute atomic E-state index is 14.5. The van der Waals surface area contributed by atoms with Crippen molar-refractivity contribution in [2.24, 2.45) is 0 Å². The van der Waals surface area contributed by atoms with Gasteiger partial charge < -0.3 is 20.4 Å². The van der Waals surface area contributed by atoms with Crippen LogP contribution in [0.25, 0.3) is 0 Å². The molecule has 0 unspecified atom stereocenters. The topological polar surface area (TPSA) is 84.2 Å². The first-order valence-corrected chi connectivity index (χ1v) is 8.13. The SMILES string of the molecule is CC(C)c1ccc(F)c(CCN2C[C@H](O)[C@@H](O)[C@H](O)[C@@H]2CO)c1F. The number of hydrogen-bond acceptors (Lipinski definition) is 5. The van der Waals surface area contributed by atoms with Gasteiger partial charge in [-0.15, -0.1) is 0 Å². The van der Waals surface area contributed by atoms with Gasteiger partial charge in [-0.3, -0.25) is 4.90 Å². The highest BCUT2D eigenvalue weighted by Gasteiger charge is 2.40. The Hall–Kier alpha value is -1.12. The van der Waals surface area contributed by atoms with Crippen molar-refractivity contribution in [1.29, 1.82) is 0 Å². The van der Waals surface area contributed by atoms with E-state index in [0.29, 0.717) is 5.56 Å². The third kappa shape index (κ3) is 3.75. The van der Waals surface area contributed by atoms with Gasteiger partial charge in [0.2, 0.25) is 0 Å². The van der Waals surface area contributed by atoms with Gasteiger partial charge in [-0.2, -0.15) is 0 Å². The minimum Gasteiger partial charge on any atom is -0.395 e. The molecule has 0 radical (unpaired) electrons. The van der Waals surface area contributed by atoms with E-state index in [1.54, 1.807) is 4.90 Å². The summed E-state index contributed by atoms with van der Waals surface area (Å²) in [6.45, 7) is 3.36. The summed E-state index contributed by atoms with van der Waals surface area (Å²) in [5, 5.41) is 38.8. The second kappa shape index (κ2) is 7.84.